The Morgan fingerprint density at radius 3 is 2.47 bits per heavy atom. The van der Waals surface area contributed by atoms with Crippen LogP contribution in [0.1, 0.15) is 21.5 Å². The first-order valence-corrected chi connectivity index (χ1v) is 11.3. The van der Waals surface area contributed by atoms with Crippen LogP contribution in [-0.2, 0) is 12.3 Å². The van der Waals surface area contributed by atoms with Gasteiger partial charge in [0, 0.05) is 58.5 Å². The maximum Gasteiger partial charge on any atom is 0.269 e. The largest absolute Gasteiger partial charge is 0.350 e. The first kappa shape index (κ1) is 21.6. The molecular formula is C25H23N3O3S. The van der Waals surface area contributed by atoms with Gasteiger partial charge in [-0.05, 0) is 30.7 Å². The van der Waals surface area contributed by atoms with E-state index in [-0.39, 0.29) is 11.6 Å². The number of benzene rings is 3. The zero-order valence-electron chi connectivity index (χ0n) is 17.7. The van der Waals surface area contributed by atoms with Gasteiger partial charge in [0.2, 0.25) is 0 Å². The molecule has 4 rings (SSSR count). The van der Waals surface area contributed by atoms with Crippen molar-refractivity contribution in [3.05, 3.63) is 106 Å². The summed E-state index contributed by atoms with van der Waals surface area (Å²) in [4.78, 5) is 23.9. The maximum atomic E-state index is 12.4. The SMILES string of the molecule is Cc1ccc(CSc2cn(CCNC(=O)c3ccc([N+](=O)[O-])cc3)c3ccccc23)cc1. The minimum Gasteiger partial charge on any atom is -0.350 e. The van der Waals surface area contributed by atoms with Crippen LogP contribution in [-0.4, -0.2) is 21.9 Å². The van der Waals surface area contributed by atoms with Crippen molar-refractivity contribution in [2.75, 3.05) is 6.54 Å². The first-order chi connectivity index (χ1) is 15.5. The second-order valence-corrected chi connectivity index (χ2v) is 8.56. The number of rotatable bonds is 8. The predicted octanol–water partition coefficient (Wildman–Crippen LogP) is 5.58. The van der Waals surface area contributed by atoms with Gasteiger partial charge in [-0.2, -0.15) is 0 Å². The third-order valence-corrected chi connectivity index (χ3v) is 6.36. The van der Waals surface area contributed by atoms with Crippen LogP contribution in [0.2, 0.25) is 0 Å². The molecule has 0 saturated carbocycles. The average Bonchev–Trinajstić information content (AvgIpc) is 3.16. The highest BCUT2D eigenvalue weighted by Crippen LogP contribution is 2.32. The van der Waals surface area contributed by atoms with E-state index in [1.807, 2.05) is 12.1 Å². The topological polar surface area (TPSA) is 77.2 Å². The quantitative estimate of drug-likeness (QED) is 0.218. The molecule has 1 amide bonds. The number of amides is 1. The van der Waals surface area contributed by atoms with Crippen molar-refractivity contribution in [1.82, 2.24) is 9.88 Å². The van der Waals surface area contributed by atoms with E-state index in [0.717, 1.165) is 11.3 Å². The van der Waals surface area contributed by atoms with Gasteiger partial charge in [0.25, 0.3) is 11.6 Å². The van der Waals surface area contributed by atoms with E-state index in [1.165, 1.54) is 45.7 Å². The van der Waals surface area contributed by atoms with Gasteiger partial charge in [0.1, 0.15) is 0 Å². The molecule has 0 bridgehead atoms. The van der Waals surface area contributed by atoms with Crippen LogP contribution < -0.4 is 5.32 Å². The molecule has 162 valence electrons. The molecule has 0 aliphatic heterocycles. The lowest BCUT2D eigenvalue weighted by Crippen LogP contribution is -2.27. The van der Waals surface area contributed by atoms with Gasteiger partial charge < -0.3 is 9.88 Å². The number of nitro benzene ring substituents is 1. The summed E-state index contributed by atoms with van der Waals surface area (Å²) >= 11 is 1.81. The number of nitro groups is 1. The highest BCUT2D eigenvalue weighted by atomic mass is 32.2. The second-order valence-electron chi connectivity index (χ2n) is 7.54. The summed E-state index contributed by atoms with van der Waals surface area (Å²) in [5, 5.41) is 14.9. The number of para-hydroxylation sites is 1. The number of hydrogen-bond acceptors (Lipinski definition) is 4. The van der Waals surface area contributed by atoms with Gasteiger partial charge >= 0.3 is 0 Å². The van der Waals surface area contributed by atoms with Crippen molar-refractivity contribution in [2.24, 2.45) is 0 Å². The number of carbonyl (C=O) groups is 1. The lowest BCUT2D eigenvalue weighted by atomic mass is 10.2. The molecule has 1 aromatic heterocycles. The normalized spacial score (nSPS) is 10.9. The molecule has 4 aromatic rings. The molecule has 0 saturated heterocycles. The van der Waals surface area contributed by atoms with E-state index < -0.39 is 4.92 Å². The Balaban J connectivity index is 1.41. The number of non-ortho nitro benzene ring substituents is 1. The minimum absolute atomic E-state index is 0.0315. The second kappa shape index (κ2) is 9.70. The van der Waals surface area contributed by atoms with Gasteiger partial charge in [0.15, 0.2) is 0 Å². The predicted molar refractivity (Wildman–Crippen MR) is 128 cm³/mol. The fraction of sp³-hybridized carbons (Fsp3) is 0.160. The summed E-state index contributed by atoms with van der Waals surface area (Å²) in [7, 11) is 0. The van der Waals surface area contributed by atoms with Crippen molar-refractivity contribution < 1.29 is 9.72 Å². The summed E-state index contributed by atoms with van der Waals surface area (Å²) in [5.74, 6) is 0.649. The number of hydrogen-bond donors (Lipinski definition) is 1. The summed E-state index contributed by atoms with van der Waals surface area (Å²) in [5.41, 5.74) is 4.04. The Morgan fingerprint density at radius 1 is 1.03 bits per heavy atom. The van der Waals surface area contributed by atoms with E-state index in [2.05, 4.69) is 59.4 Å². The Bertz CT molecular complexity index is 1250. The highest BCUT2D eigenvalue weighted by Gasteiger charge is 2.11. The maximum absolute atomic E-state index is 12.4. The van der Waals surface area contributed by atoms with Crippen LogP contribution >= 0.6 is 11.8 Å². The Hall–Kier alpha value is -3.58. The smallest absolute Gasteiger partial charge is 0.269 e. The van der Waals surface area contributed by atoms with Crippen LogP contribution in [0.4, 0.5) is 5.69 Å². The molecule has 0 spiro atoms. The Labute approximate surface area is 190 Å². The Kier molecular flexibility index (Phi) is 6.56. The van der Waals surface area contributed by atoms with Gasteiger partial charge in [-0.25, -0.2) is 0 Å². The third kappa shape index (κ3) is 5.00. The number of aryl methyl sites for hydroxylation is 1. The van der Waals surface area contributed by atoms with Gasteiger partial charge in [-0.1, -0.05) is 48.0 Å². The molecule has 1 N–H and O–H groups in total. The molecule has 0 unspecified atom stereocenters. The number of aromatic nitrogens is 1. The van der Waals surface area contributed by atoms with Crippen LogP contribution in [0.5, 0.6) is 0 Å². The van der Waals surface area contributed by atoms with Gasteiger partial charge in [0.05, 0.1) is 4.92 Å². The molecule has 0 aliphatic rings. The molecule has 32 heavy (non-hydrogen) atoms. The molecular weight excluding hydrogens is 422 g/mol. The van der Waals surface area contributed by atoms with Crippen molar-refractivity contribution in [3.8, 4) is 0 Å². The van der Waals surface area contributed by atoms with E-state index in [9.17, 15) is 14.9 Å². The first-order valence-electron chi connectivity index (χ1n) is 10.3. The molecule has 6 nitrogen and oxygen atoms in total. The number of nitrogens with one attached hydrogen (secondary N) is 1. The zero-order chi connectivity index (χ0) is 22.5. The highest BCUT2D eigenvalue weighted by molar-refractivity contribution is 7.98. The summed E-state index contributed by atoms with van der Waals surface area (Å²) in [6.07, 6.45) is 2.14. The fourth-order valence-corrected chi connectivity index (χ4v) is 4.53. The van der Waals surface area contributed by atoms with Gasteiger partial charge in [-0.15, -0.1) is 11.8 Å². The van der Waals surface area contributed by atoms with Crippen LogP contribution in [0.25, 0.3) is 10.9 Å². The lowest BCUT2D eigenvalue weighted by molar-refractivity contribution is -0.384. The molecule has 0 atom stereocenters. The van der Waals surface area contributed by atoms with Crippen molar-refractivity contribution in [1.29, 1.82) is 0 Å². The molecule has 0 fully saturated rings. The third-order valence-electron chi connectivity index (χ3n) is 5.25. The number of carbonyl (C=O) groups excluding carboxylic acids is 1. The zero-order valence-corrected chi connectivity index (χ0v) is 18.5. The van der Waals surface area contributed by atoms with Gasteiger partial charge in [-0.3, -0.25) is 14.9 Å². The molecule has 0 aliphatic carbocycles. The minimum atomic E-state index is -0.479. The average molecular weight is 446 g/mol. The molecule has 3 aromatic carbocycles. The van der Waals surface area contributed by atoms with E-state index >= 15 is 0 Å². The van der Waals surface area contributed by atoms with E-state index in [1.54, 1.807) is 11.8 Å². The van der Waals surface area contributed by atoms with Crippen LogP contribution in [0.15, 0.2) is 83.9 Å². The van der Waals surface area contributed by atoms with Crippen molar-refractivity contribution in [3.63, 3.8) is 0 Å². The molecule has 7 heteroatoms. The lowest BCUT2D eigenvalue weighted by Gasteiger charge is -2.07. The number of nitrogens with zero attached hydrogens (tertiary/aromatic N) is 2. The molecule has 0 radical (unpaired) electrons. The monoisotopic (exact) mass is 445 g/mol. The molecule has 1 heterocycles. The standard InChI is InChI=1S/C25H23N3O3S/c1-18-6-8-19(9-7-18)17-32-24-16-27(23-5-3-2-4-22(23)24)15-14-26-25(29)20-10-12-21(13-11-20)28(30)31/h2-13,16H,14-15,17H2,1H3,(H,26,29). The van der Waals surface area contributed by atoms with E-state index in [4.69, 9.17) is 0 Å². The van der Waals surface area contributed by atoms with E-state index in [0.29, 0.717) is 18.7 Å². The van der Waals surface area contributed by atoms with Crippen LogP contribution in [0, 0.1) is 17.0 Å². The Morgan fingerprint density at radius 2 is 1.75 bits per heavy atom. The summed E-state index contributed by atoms with van der Waals surface area (Å²) in [6.45, 7) is 3.17. The number of fused-ring (bicyclic) bond motifs is 1. The van der Waals surface area contributed by atoms with Crippen molar-refractivity contribution >= 4 is 34.3 Å². The summed E-state index contributed by atoms with van der Waals surface area (Å²) in [6, 6.07) is 22.5. The van der Waals surface area contributed by atoms with Crippen LogP contribution in [0.3, 0.4) is 0 Å². The van der Waals surface area contributed by atoms with Crippen molar-refractivity contribution in [2.45, 2.75) is 24.1 Å². The number of thioether (sulfide) groups is 1. The fourth-order valence-electron chi connectivity index (χ4n) is 3.48. The summed E-state index contributed by atoms with van der Waals surface area (Å²) < 4.78 is 2.16.